The molecule has 1 aromatic rings. The molecule has 5 heteroatoms. The lowest BCUT2D eigenvalue weighted by molar-refractivity contribution is -0.123. The van der Waals surface area contributed by atoms with Gasteiger partial charge >= 0.3 is 0 Å². The van der Waals surface area contributed by atoms with Crippen LogP contribution in [0.15, 0.2) is 28.7 Å². The number of anilines is 1. The van der Waals surface area contributed by atoms with E-state index < -0.39 is 0 Å². The lowest BCUT2D eigenvalue weighted by atomic mass is 10.1. The van der Waals surface area contributed by atoms with Crippen molar-refractivity contribution in [2.45, 2.75) is 18.9 Å². The molecule has 0 spiro atoms. The van der Waals surface area contributed by atoms with Gasteiger partial charge in [-0.1, -0.05) is 12.1 Å². The number of rotatable bonds is 4. The molecule has 4 nitrogen and oxygen atoms in total. The molecule has 0 unspecified atom stereocenters. The first kappa shape index (κ1) is 13.5. The average Bonchev–Trinajstić information content (AvgIpc) is 2.40. The van der Waals surface area contributed by atoms with Gasteiger partial charge in [-0.05, 0) is 54.0 Å². The Balaban J connectivity index is 1.76. The summed E-state index contributed by atoms with van der Waals surface area (Å²) in [5.41, 5.74) is 0.774. The fourth-order valence-corrected chi connectivity index (χ4v) is 2.29. The van der Waals surface area contributed by atoms with Gasteiger partial charge in [-0.3, -0.25) is 4.79 Å². The van der Waals surface area contributed by atoms with E-state index in [9.17, 15) is 4.79 Å². The number of carbonyl (C=O) groups is 1. The summed E-state index contributed by atoms with van der Waals surface area (Å²) < 4.78 is 6.46. The van der Waals surface area contributed by atoms with Gasteiger partial charge in [0.05, 0.1) is 11.8 Å². The topological polar surface area (TPSA) is 50.4 Å². The lowest BCUT2D eigenvalue weighted by Gasteiger charge is -2.22. The van der Waals surface area contributed by atoms with Crippen LogP contribution in [-0.2, 0) is 9.53 Å². The van der Waals surface area contributed by atoms with Gasteiger partial charge in [0.25, 0.3) is 0 Å². The van der Waals surface area contributed by atoms with Crippen molar-refractivity contribution in [1.82, 2.24) is 5.32 Å². The molecule has 0 aromatic heterocycles. The zero-order valence-corrected chi connectivity index (χ0v) is 11.7. The zero-order valence-electron chi connectivity index (χ0n) is 10.1. The molecule has 0 bridgehead atoms. The standard InChI is InChI=1S/C13H17BrN2O2/c14-11-3-1-2-4-12(11)16-13(17)9-18-10-5-7-15-8-6-10/h1-4,10,15H,5-9H2,(H,16,17). The highest BCUT2D eigenvalue weighted by atomic mass is 79.9. The smallest absolute Gasteiger partial charge is 0.250 e. The minimum atomic E-state index is -0.111. The fourth-order valence-electron chi connectivity index (χ4n) is 1.90. The highest BCUT2D eigenvalue weighted by Crippen LogP contribution is 2.21. The molecule has 0 aliphatic carbocycles. The van der Waals surface area contributed by atoms with Crippen molar-refractivity contribution in [3.63, 3.8) is 0 Å². The maximum Gasteiger partial charge on any atom is 0.250 e. The summed E-state index contributed by atoms with van der Waals surface area (Å²) in [5.74, 6) is -0.111. The van der Waals surface area contributed by atoms with Crippen molar-refractivity contribution < 1.29 is 9.53 Å². The van der Waals surface area contributed by atoms with E-state index in [-0.39, 0.29) is 18.6 Å². The monoisotopic (exact) mass is 312 g/mol. The van der Waals surface area contributed by atoms with Crippen LogP contribution in [0.1, 0.15) is 12.8 Å². The summed E-state index contributed by atoms with van der Waals surface area (Å²) in [5, 5.41) is 6.09. The predicted molar refractivity (Wildman–Crippen MR) is 74.6 cm³/mol. The van der Waals surface area contributed by atoms with Crippen molar-refractivity contribution in [2.75, 3.05) is 25.0 Å². The lowest BCUT2D eigenvalue weighted by Crippen LogP contribution is -2.34. The van der Waals surface area contributed by atoms with Gasteiger partial charge in [-0.15, -0.1) is 0 Å². The second-order valence-corrected chi connectivity index (χ2v) is 5.14. The van der Waals surface area contributed by atoms with Crippen molar-refractivity contribution in [2.24, 2.45) is 0 Å². The fraction of sp³-hybridized carbons (Fsp3) is 0.462. The second-order valence-electron chi connectivity index (χ2n) is 4.29. The minimum Gasteiger partial charge on any atom is -0.368 e. The quantitative estimate of drug-likeness (QED) is 0.895. The van der Waals surface area contributed by atoms with E-state index in [0.717, 1.165) is 36.1 Å². The van der Waals surface area contributed by atoms with Crippen LogP contribution in [0.3, 0.4) is 0 Å². The Morgan fingerprint density at radius 2 is 2.11 bits per heavy atom. The predicted octanol–water partition coefficient (Wildman–Crippen LogP) is 2.16. The second kappa shape index (κ2) is 6.87. The van der Waals surface area contributed by atoms with Gasteiger partial charge < -0.3 is 15.4 Å². The van der Waals surface area contributed by atoms with Crippen LogP contribution in [0.25, 0.3) is 0 Å². The number of hydrogen-bond acceptors (Lipinski definition) is 3. The average molecular weight is 313 g/mol. The van der Waals surface area contributed by atoms with Crippen LogP contribution in [-0.4, -0.2) is 31.7 Å². The van der Waals surface area contributed by atoms with Gasteiger partial charge in [0, 0.05) is 4.47 Å². The van der Waals surface area contributed by atoms with Gasteiger partial charge in [-0.25, -0.2) is 0 Å². The van der Waals surface area contributed by atoms with Gasteiger partial charge in [0.2, 0.25) is 5.91 Å². The molecule has 1 aromatic carbocycles. The molecular formula is C13H17BrN2O2. The van der Waals surface area contributed by atoms with Crippen LogP contribution in [0.5, 0.6) is 0 Å². The molecular weight excluding hydrogens is 296 g/mol. The number of ether oxygens (including phenoxy) is 1. The van der Waals surface area contributed by atoms with E-state index >= 15 is 0 Å². The maximum absolute atomic E-state index is 11.7. The Morgan fingerprint density at radius 3 is 2.83 bits per heavy atom. The summed E-state index contributed by atoms with van der Waals surface area (Å²) in [6.07, 6.45) is 2.15. The van der Waals surface area contributed by atoms with Crippen molar-refractivity contribution >= 4 is 27.5 Å². The van der Waals surface area contributed by atoms with Crippen molar-refractivity contribution in [3.05, 3.63) is 28.7 Å². The molecule has 18 heavy (non-hydrogen) atoms. The number of amides is 1. The molecule has 1 heterocycles. The summed E-state index contributed by atoms with van der Waals surface area (Å²) in [4.78, 5) is 11.7. The number of piperidine rings is 1. The molecule has 1 amide bonds. The molecule has 0 saturated carbocycles. The Kier molecular flexibility index (Phi) is 5.16. The third kappa shape index (κ3) is 4.08. The number of carbonyl (C=O) groups excluding carboxylic acids is 1. The molecule has 2 rings (SSSR count). The highest BCUT2D eigenvalue weighted by Gasteiger charge is 2.15. The molecule has 1 aliphatic rings. The van der Waals surface area contributed by atoms with E-state index in [2.05, 4.69) is 26.6 Å². The highest BCUT2D eigenvalue weighted by molar-refractivity contribution is 9.10. The summed E-state index contributed by atoms with van der Waals surface area (Å²) in [7, 11) is 0. The normalized spacial score (nSPS) is 16.5. The first-order valence-electron chi connectivity index (χ1n) is 6.12. The SMILES string of the molecule is O=C(COC1CCNCC1)Nc1ccccc1Br. The maximum atomic E-state index is 11.7. The van der Waals surface area contributed by atoms with Crippen molar-refractivity contribution in [1.29, 1.82) is 0 Å². The van der Waals surface area contributed by atoms with Gasteiger partial charge in [0.15, 0.2) is 0 Å². The Hall–Kier alpha value is -0.910. The van der Waals surface area contributed by atoms with Crippen molar-refractivity contribution in [3.8, 4) is 0 Å². The third-order valence-electron chi connectivity index (χ3n) is 2.88. The molecule has 1 fully saturated rings. The first-order valence-corrected chi connectivity index (χ1v) is 6.91. The van der Waals surface area contributed by atoms with E-state index in [1.54, 1.807) is 0 Å². The van der Waals surface area contributed by atoms with E-state index in [1.165, 1.54) is 0 Å². The van der Waals surface area contributed by atoms with E-state index in [1.807, 2.05) is 24.3 Å². The zero-order chi connectivity index (χ0) is 12.8. The minimum absolute atomic E-state index is 0.111. The number of hydrogen-bond donors (Lipinski definition) is 2. The molecule has 1 saturated heterocycles. The molecule has 0 radical (unpaired) electrons. The summed E-state index contributed by atoms with van der Waals surface area (Å²) in [6.45, 7) is 2.05. The van der Waals surface area contributed by atoms with Crippen LogP contribution < -0.4 is 10.6 Å². The largest absolute Gasteiger partial charge is 0.368 e. The first-order chi connectivity index (χ1) is 8.75. The van der Waals surface area contributed by atoms with E-state index in [4.69, 9.17) is 4.74 Å². The third-order valence-corrected chi connectivity index (χ3v) is 3.58. The van der Waals surface area contributed by atoms with Crippen LogP contribution in [0.2, 0.25) is 0 Å². The Morgan fingerprint density at radius 1 is 1.39 bits per heavy atom. The Labute approximate surface area is 115 Å². The van der Waals surface area contributed by atoms with Gasteiger partial charge in [0.1, 0.15) is 6.61 Å². The molecule has 98 valence electrons. The van der Waals surface area contributed by atoms with E-state index in [0.29, 0.717) is 0 Å². The molecule has 1 aliphatic heterocycles. The Bertz CT molecular complexity index is 406. The summed E-state index contributed by atoms with van der Waals surface area (Å²) in [6, 6.07) is 7.54. The van der Waals surface area contributed by atoms with Crippen LogP contribution in [0, 0.1) is 0 Å². The van der Waals surface area contributed by atoms with Gasteiger partial charge in [-0.2, -0.15) is 0 Å². The molecule has 0 atom stereocenters. The van der Waals surface area contributed by atoms with Crippen LogP contribution in [0.4, 0.5) is 5.69 Å². The number of nitrogens with one attached hydrogen (secondary N) is 2. The van der Waals surface area contributed by atoms with Crippen LogP contribution >= 0.6 is 15.9 Å². The number of halogens is 1. The summed E-state index contributed by atoms with van der Waals surface area (Å²) >= 11 is 3.39. The number of para-hydroxylation sites is 1. The molecule has 2 N–H and O–H groups in total. The number of benzene rings is 1.